The van der Waals surface area contributed by atoms with Crippen LogP contribution in [0.1, 0.15) is 23.2 Å². The molecule has 1 saturated heterocycles. The van der Waals surface area contributed by atoms with E-state index < -0.39 is 5.82 Å². The topological polar surface area (TPSA) is 46.3 Å². The summed E-state index contributed by atoms with van der Waals surface area (Å²) in [5.74, 6) is -0.824. The first-order valence-electron chi connectivity index (χ1n) is 6.03. The lowest BCUT2D eigenvalue weighted by molar-refractivity contribution is 0.0705. The first-order chi connectivity index (χ1) is 9.00. The van der Waals surface area contributed by atoms with Crippen molar-refractivity contribution < 1.29 is 9.18 Å². The van der Waals surface area contributed by atoms with E-state index in [9.17, 15) is 9.18 Å². The van der Waals surface area contributed by atoms with Gasteiger partial charge in [0.1, 0.15) is 0 Å². The lowest BCUT2D eigenvalue weighted by Crippen LogP contribution is -2.41. The van der Waals surface area contributed by atoms with Crippen molar-refractivity contribution in [1.82, 2.24) is 4.90 Å². The summed E-state index contributed by atoms with van der Waals surface area (Å²) in [5, 5.41) is -0.0381. The van der Waals surface area contributed by atoms with Crippen LogP contribution in [0.15, 0.2) is 18.2 Å². The fraction of sp³-hybridized carbons (Fsp3) is 0.385. The Hall–Kier alpha value is -1.20. The van der Waals surface area contributed by atoms with Gasteiger partial charge in [-0.05, 0) is 25.0 Å². The molecule has 0 saturated carbocycles. The number of hydrogen-bond acceptors (Lipinski definition) is 2. The number of halogens is 2. The molecule has 102 valence electrons. The molecule has 0 unspecified atom stereocenters. The zero-order chi connectivity index (χ0) is 14.0. The molecule has 3 nitrogen and oxygen atoms in total. The Bertz CT molecular complexity index is 515. The van der Waals surface area contributed by atoms with Gasteiger partial charge in [0.25, 0.3) is 5.91 Å². The molecule has 6 heteroatoms. The normalized spacial score (nSPS) is 16.4. The Morgan fingerprint density at radius 1 is 1.42 bits per heavy atom. The van der Waals surface area contributed by atoms with Crippen LogP contribution in [0.25, 0.3) is 0 Å². The van der Waals surface area contributed by atoms with Gasteiger partial charge in [0, 0.05) is 19.0 Å². The molecule has 1 heterocycles. The van der Waals surface area contributed by atoms with E-state index in [-0.39, 0.29) is 22.4 Å². The summed E-state index contributed by atoms with van der Waals surface area (Å²) in [4.78, 5) is 14.3. The molecule has 1 amide bonds. The zero-order valence-corrected chi connectivity index (χ0v) is 11.8. The fourth-order valence-corrected chi connectivity index (χ4v) is 2.62. The van der Waals surface area contributed by atoms with Crippen molar-refractivity contribution in [3.63, 3.8) is 0 Å². The van der Waals surface area contributed by atoms with E-state index in [1.807, 2.05) is 0 Å². The number of rotatable bonds is 2. The molecule has 2 rings (SSSR count). The molecule has 2 N–H and O–H groups in total. The van der Waals surface area contributed by atoms with Crippen molar-refractivity contribution in [2.75, 3.05) is 13.1 Å². The number of piperidine rings is 1. The van der Waals surface area contributed by atoms with Crippen LogP contribution in [0.3, 0.4) is 0 Å². The van der Waals surface area contributed by atoms with Gasteiger partial charge in [0.2, 0.25) is 0 Å². The smallest absolute Gasteiger partial charge is 0.256 e. The lowest BCUT2D eigenvalue weighted by atomic mass is 9.96. The van der Waals surface area contributed by atoms with E-state index in [4.69, 9.17) is 29.6 Å². The van der Waals surface area contributed by atoms with Crippen molar-refractivity contribution >= 4 is 34.7 Å². The molecule has 1 aliphatic rings. The first kappa shape index (κ1) is 14.2. The fourth-order valence-electron chi connectivity index (χ4n) is 2.21. The molecule has 19 heavy (non-hydrogen) atoms. The van der Waals surface area contributed by atoms with E-state index in [2.05, 4.69) is 0 Å². The van der Waals surface area contributed by atoms with Crippen LogP contribution in [0.2, 0.25) is 5.02 Å². The Labute approximate surface area is 121 Å². The average molecular weight is 301 g/mol. The van der Waals surface area contributed by atoms with E-state index in [1.54, 1.807) is 11.0 Å². The van der Waals surface area contributed by atoms with E-state index >= 15 is 0 Å². The second-order valence-corrected chi connectivity index (χ2v) is 5.45. The Morgan fingerprint density at radius 3 is 2.63 bits per heavy atom. The summed E-state index contributed by atoms with van der Waals surface area (Å²) in [6.45, 7) is 1.07. The second-order valence-electron chi connectivity index (χ2n) is 4.57. The molecule has 0 atom stereocenters. The van der Waals surface area contributed by atoms with Crippen LogP contribution >= 0.6 is 23.8 Å². The third kappa shape index (κ3) is 3.04. The number of thiocarbonyl (C=S) groups is 1. The molecular weight excluding hydrogens is 287 g/mol. The van der Waals surface area contributed by atoms with Gasteiger partial charge in [-0.15, -0.1) is 0 Å². The molecule has 0 aliphatic carbocycles. The molecule has 1 aromatic carbocycles. The molecule has 1 fully saturated rings. The molecular formula is C13H14ClFN2OS. The number of hydrogen-bond donors (Lipinski definition) is 1. The number of nitrogens with zero attached hydrogens (tertiary/aromatic N) is 1. The Morgan fingerprint density at radius 2 is 2.05 bits per heavy atom. The average Bonchev–Trinajstić information content (AvgIpc) is 2.41. The van der Waals surface area contributed by atoms with Crippen molar-refractivity contribution in [3.8, 4) is 0 Å². The van der Waals surface area contributed by atoms with Gasteiger partial charge >= 0.3 is 0 Å². The third-order valence-corrected chi connectivity index (χ3v) is 3.99. The maximum Gasteiger partial charge on any atom is 0.256 e. The minimum absolute atomic E-state index is 0.0151. The second kappa shape index (κ2) is 5.84. The van der Waals surface area contributed by atoms with Gasteiger partial charge in [0.15, 0.2) is 5.82 Å². The van der Waals surface area contributed by atoms with Crippen molar-refractivity contribution in [3.05, 3.63) is 34.6 Å². The monoisotopic (exact) mass is 300 g/mol. The first-order valence-corrected chi connectivity index (χ1v) is 6.82. The van der Waals surface area contributed by atoms with Crippen molar-refractivity contribution in [2.24, 2.45) is 11.7 Å². The minimum Gasteiger partial charge on any atom is -0.393 e. The highest BCUT2D eigenvalue weighted by molar-refractivity contribution is 7.80. The van der Waals surface area contributed by atoms with Crippen LogP contribution in [-0.4, -0.2) is 28.9 Å². The highest BCUT2D eigenvalue weighted by Crippen LogP contribution is 2.23. The van der Waals surface area contributed by atoms with Gasteiger partial charge < -0.3 is 10.6 Å². The van der Waals surface area contributed by atoms with Crippen molar-refractivity contribution in [2.45, 2.75) is 12.8 Å². The number of amides is 1. The van der Waals surface area contributed by atoms with E-state index in [1.165, 1.54) is 12.1 Å². The SMILES string of the molecule is NC(=S)C1CCN(C(=O)c2cccc(Cl)c2F)CC1. The van der Waals surface area contributed by atoms with Gasteiger partial charge in [-0.25, -0.2) is 4.39 Å². The highest BCUT2D eigenvalue weighted by atomic mass is 35.5. The van der Waals surface area contributed by atoms with Crippen LogP contribution in [0.5, 0.6) is 0 Å². The largest absolute Gasteiger partial charge is 0.393 e. The summed E-state index contributed by atoms with van der Waals surface area (Å²) in [6.07, 6.45) is 1.45. The maximum atomic E-state index is 13.8. The van der Waals surface area contributed by atoms with Crippen molar-refractivity contribution in [1.29, 1.82) is 0 Å². The van der Waals surface area contributed by atoms with Crippen LogP contribution in [-0.2, 0) is 0 Å². The van der Waals surface area contributed by atoms with Gasteiger partial charge in [-0.2, -0.15) is 0 Å². The van der Waals surface area contributed by atoms with E-state index in [0.717, 1.165) is 12.8 Å². The van der Waals surface area contributed by atoms with Gasteiger partial charge in [-0.1, -0.05) is 29.9 Å². The summed E-state index contributed by atoms with van der Waals surface area (Å²) in [6, 6.07) is 4.44. The standard InChI is InChI=1S/C13H14ClFN2OS/c14-10-3-1-2-9(11(10)15)13(18)17-6-4-8(5-7-17)12(16)19/h1-3,8H,4-7H2,(H2,16,19). The molecule has 0 aromatic heterocycles. The minimum atomic E-state index is -0.661. The maximum absolute atomic E-state index is 13.8. The Balaban J connectivity index is 2.09. The molecule has 1 aromatic rings. The predicted octanol–water partition coefficient (Wildman–Crippen LogP) is 2.62. The van der Waals surface area contributed by atoms with E-state index in [0.29, 0.717) is 18.1 Å². The van der Waals surface area contributed by atoms with Gasteiger partial charge in [-0.3, -0.25) is 4.79 Å². The lowest BCUT2D eigenvalue weighted by Gasteiger charge is -2.31. The third-order valence-electron chi connectivity index (χ3n) is 3.37. The summed E-state index contributed by atoms with van der Waals surface area (Å²) in [5.41, 5.74) is 5.61. The van der Waals surface area contributed by atoms with Crippen LogP contribution in [0, 0.1) is 11.7 Å². The number of carbonyl (C=O) groups is 1. The molecule has 1 aliphatic heterocycles. The zero-order valence-electron chi connectivity index (χ0n) is 10.2. The van der Waals surface area contributed by atoms with Gasteiger partial charge in [0.05, 0.1) is 15.6 Å². The summed E-state index contributed by atoms with van der Waals surface area (Å²) in [7, 11) is 0. The predicted molar refractivity (Wildman–Crippen MR) is 76.8 cm³/mol. The molecule has 0 radical (unpaired) electrons. The molecule has 0 spiro atoms. The van der Waals surface area contributed by atoms with Crippen LogP contribution < -0.4 is 5.73 Å². The Kier molecular flexibility index (Phi) is 4.37. The number of likely N-dealkylation sites (tertiary alicyclic amines) is 1. The number of carbonyl (C=O) groups excluding carboxylic acids is 1. The highest BCUT2D eigenvalue weighted by Gasteiger charge is 2.26. The quantitative estimate of drug-likeness (QED) is 0.854. The number of nitrogens with two attached hydrogens (primary N) is 1. The summed E-state index contributed by atoms with van der Waals surface area (Å²) >= 11 is 10.6. The molecule has 0 bridgehead atoms. The van der Waals surface area contributed by atoms with Crippen LogP contribution in [0.4, 0.5) is 4.39 Å². The number of benzene rings is 1. The summed E-state index contributed by atoms with van der Waals surface area (Å²) < 4.78 is 13.8.